The Bertz CT molecular complexity index is 1020. The molecule has 0 aromatic heterocycles. The maximum atomic E-state index is 12.7. The van der Waals surface area contributed by atoms with Gasteiger partial charge in [-0.15, -0.1) is 0 Å². The summed E-state index contributed by atoms with van der Waals surface area (Å²) in [5.74, 6) is -0.204. The number of carbonyl (C=O) groups is 1. The van der Waals surface area contributed by atoms with Crippen molar-refractivity contribution in [1.82, 2.24) is 5.32 Å². The van der Waals surface area contributed by atoms with E-state index in [1.165, 1.54) is 218 Å². The zero-order chi connectivity index (χ0) is 45.7. The van der Waals surface area contributed by atoms with E-state index in [2.05, 4.69) is 12.2 Å². The van der Waals surface area contributed by atoms with Crippen molar-refractivity contribution in [2.45, 2.75) is 283 Å². The molecule has 0 radical (unpaired) electrons. The highest BCUT2D eigenvalue weighted by atomic mass is 31.2. The minimum Gasteiger partial charge on any atom is -0.756 e. The van der Waals surface area contributed by atoms with Gasteiger partial charge in [-0.3, -0.25) is 9.36 Å². The minimum atomic E-state index is -4.56. The number of phosphoric ester groups is 1. The van der Waals surface area contributed by atoms with Crippen LogP contribution in [-0.4, -0.2) is 68.5 Å². The van der Waals surface area contributed by atoms with Crippen molar-refractivity contribution in [1.29, 1.82) is 0 Å². The molecule has 62 heavy (non-hydrogen) atoms. The summed E-state index contributed by atoms with van der Waals surface area (Å²) in [4.78, 5) is 25.0. The molecule has 2 N–H and O–H groups in total. The molecule has 3 unspecified atom stereocenters. The van der Waals surface area contributed by atoms with Gasteiger partial charge in [-0.1, -0.05) is 264 Å². The molecule has 0 saturated heterocycles. The Morgan fingerprint density at radius 3 is 1.18 bits per heavy atom. The standard InChI is InChI=1S/C53H107N2O6P/c1-6-8-10-11-12-13-14-15-16-17-18-19-20-21-22-23-24-25-26-27-28-29-30-31-32-33-34-35-36-37-38-39-40-41-42-43-45-47-53(57)54-51(52(56)46-44-9-7-2)50-61-62(58,59)60-49-48-55(3,4)5/h44,46,51-52,56H,6-43,45,47-50H2,1-5H3,(H-,54,57,58,59)/b46-44+. The summed E-state index contributed by atoms with van der Waals surface area (Å²) in [6.07, 6.45) is 55.7. The number of quaternary nitrogens is 1. The molecule has 0 fully saturated rings. The maximum Gasteiger partial charge on any atom is 0.268 e. The molecule has 0 aliphatic carbocycles. The fourth-order valence-electron chi connectivity index (χ4n) is 8.22. The number of amides is 1. The Morgan fingerprint density at radius 2 is 0.871 bits per heavy atom. The van der Waals surface area contributed by atoms with Crippen LogP contribution in [0.1, 0.15) is 271 Å². The van der Waals surface area contributed by atoms with Crippen LogP contribution in [0.15, 0.2) is 12.2 Å². The van der Waals surface area contributed by atoms with Gasteiger partial charge in [0.05, 0.1) is 39.9 Å². The number of carbonyl (C=O) groups excluding carboxylic acids is 1. The first-order valence-electron chi connectivity index (χ1n) is 27.1. The number of rotatable bonds is 50. The second-order valence-corrected chi connectivity index (χ2v) is 21.4. The number of hydrogen-bond donors (Lipinski definition) is 2. The third kappa shape index (κ3) is 47.2. The van der Waals surface area contributed by atoms with E-state index in [0.29, 0.717) is 17.4 Å². The highest BCUT2D eigenvalue weighted by Gasteiger charge is 2.23. The van der Waals surface area contributed by atoms with Gasteiger partial charge >= 0.3 is 0 Å². The number of likely N-dealkylation sites (N-methyl/N-ethyl adjacent to an activating group) is 1. The van der Waals surface area contributed by atoms with Gasteiger partial charge in [0.15, 0.2) is 0 Å². The second kappa shape index (κ2) is 45.4. The normalized spacial score (nSPS) is 14.1. The van der Waals surface area contributed by atoms with Crippen molar-refractivity contribution in [2.75, 3.05) is 40.9 Å². The lowest BCUT2D eigenvalue weighted by atomic mass is 10.0. The summed E-state index contributed by atoms with van der Waals surface area (Å²) in [6.45, 7) is 4.45. The molecule has 9 heteroatoms. The highest BCUT2D eigenvalue weighted by molar-refractivity contribution is 7.45. The van der Waals surface area contributed by atoms with Crippen molar-refractivity contribution in [3.63, 3.8) is 0 Å². The number of phosphoric acid groups is 1. The molecular weight excluding hydrogens is 792 g/mol. The molecule has 0 aliphatic rings. The van der Waals surface area contributed by atoms with E-state index < -0.39 is 20.0 Å². The van der Waals surface area contributed by atoms with Gasteiger partial charge in [0.1, 0.15) is 13.2 Å². The lowest BCUT2D eigenvalue weighted by Gasteiger charge is -2.29. The first-order valence-corrected chi connectivity index (χ1v) is 28.5. The summed E-state index contributed by atoms with van der Waals surface area (Å²) in [5, 5.41) is 13.4. The number of aliphatic hydroxyl groups is 1. The number of nitrogens with zero attached hydrogens (tertiary/aromatic N) is 1. The average Bonchev–Trinajstić information content (AvgIpc) is 3.23. The summed E-state index contributed by atoms with van der Waals surface area (Å²) in [6, 6.07) is -0.877. The number of nitrogens with one attached hydrogen (secondary N) is 1. The molecule has 0 aromatic carbocycles. The number of hydrogen-bond acceptors (Lipinski definition) is 6. The molecule has 370 valence electrons. The fourth-order valence-corrected chi connectivity index (χ4v) is 8.95. The van der Waals surface area contributed by atoms with Gasteiger partial charge in [-0.05, 0) is 12.8 Å². The lowest BCUT2D eigenvalue weighted by Crippen LogP contribution is -2.45. The largest absolute Gasteiger partial charge is 0.756 e. The molecule has 1 amide bonds. The minimum absolute atomic E-state index is 0.0000315. The van der Waals surface area contributed by atoms with Crippen molar-refractivity contribution in [3.05, 3.63) is 12.2 Å². The predicted octanol–water partition coefficient (Wildman–Crippen LogP) is 15.2. The van der Waals surface area contributed by atoms with Gasteiger partial charge in [-0.2, -0.15) is 0 Å². The summed E-state index contributed by atoms with van der Waals surface area (Å²) in [5.41, 5.74) is 0. The Kier molecular flexibility index (Phi) is 44.8. The Balaban J connectivity index is 3.58. The smallest absolute Gasteiger partial charge is 0.268 e. The van der Waals surface area contributed by atoms with Crippen LogP contribution in [-0.2, 0) is 18.4 Å². The first kappa shape index (κ1) is 61.2. The van der Waals surface area contributed by atoms with Gasteiger partial charge in [0.25, 0.3) is 7.82 Å². The molecule has 0 saturated carbocycles. The van der Waals surface area contributed by atoms with Crippen LogP contribution >= 0.6 is 7.82 Å². The van der Waals surface area contributed by atoms with Crippen LogP contribution in [0, 0.1) is 0 Å². The van der Waals surface area contributed by atoms with Crippen molar-refractivity contribution in [2.24, 2.45) is 0 Å². The zero-order valence-corrected chi connectivity index (χ0v) is 43.0. The van der Waals surface area contributed by atoms with Crippen LogP contribution < -0.4 is 10.2 Å². The Labute approximate surface area is 386 Å². The van der Waals surface area contributed by atoms with Gasteiger partial charge in [-0.25, -0.2) is 0 Å². The summed E-state index contributed by atoms with van der Waals surface area (Å²) < 4.78 is 22.9. The van der Waals surface area contributed by atoms with E-state index in [1.807, 2.05) is 34.1 Å². The van der Waals surface area contributed by atoms with Crippen LogP contribution in [0.3, 0.4) is 0 Å². The zero-order valence-electron chi connectivity index (χ0n) is 42.1. The highest BCUT2D eigenvalue weighted by Crippen LogP contribution is 2.38. The summed E-state index contributed by atoms with van der Waals surface area (Å²) >= 11 is 0. The predicted molar refractivity (Wildman–Crippen MR) is 266 cm³/mol. The molecule has 8 nitrogen and oxygen atoms in total. The quantitative estimate of drug-likeness (QED) is 0.0272. The monoisotopic (exact) mass is 899 g/mol. The lowest BCUT2D eigenvalue weighted by molar-refractivity contribution is -0.870. The van der Waals surface area contributed by atoms with Crippen molar-refractivity contribution in [3.8, 4) is 0 Å². The first-order chi connectivity index (χ1) is 30.0. The molecule has 0 bridgehead atoms. The van der Waals surface area contributed by atoms with Crippen LogP contribution in [0.2, 0.25) is 0 Å². The van der Waals surface area contributed by atoms with E-state index in [-0.39, 0.29) is 19.1 Å². The van der Waals surface area contributed by atoms with Crippen molar-refractivity contribution >= 4 is 13.7 Å². The van der Waals surface area contributed by atoms with Crippen molar-refractivity contribution < 1.29 is 32.9 Å². The van der Waals surface area contributed by atoms with Gasteiger partial charge in [0.2, 0.25) is 5.91 Å². The van der Waals surface area contributed by atoms with E-state index in [9.17, 15) is 19.4 Å². The molecule has 0 aliphatic heterocycles. The Hall–Kier alpha value is -0.760. The number of unbranched alkanes of at least 4 members (excludes halogenated alkanes) is 37. The SMILES string of the molecule is CCC/C=C/C(O)C(COP(=O)([O-])OCC[N+](C)(C)C)NC(=O)CCCCCCCCCCCCCCCCCCCCCCCCCCCCCCCCCCCCCCC. The van der Waals surface area contributed by atoms with Crippen LogP contribution in [0.4, 0.5) is 0 Å². The fraction of sp³-hybridized carbons (Fsp3) is 0.943. The maximum absolute atomic E-state index is 12.7. The second-order valence-electron chi connectivity index (χ2n) is 19.9. The molecule has 0 heterocycles. The molecule has 0 rings (SSSR count). The summed E-state index contributed by atoms with van der Waals surface area (Å²) in [7, 11) is 1.26. The van der Waals surface area contributed by atoms with Gasteiger partial charge < -0.3 is 28.8 Å². The number of aliphatic hydroxyl groups excluding tert-OH is 1. The third-order valence-electron chi connectivity index (χ3n) is 12.5. The van der Waals surface area contributed by atoms with E-state index >= 15 is 0 Å². The van der Waals surface area contributed by atoms with E-state index in [0.717, 1.165) is 32.1 Å². The molecule has 0 aromatic rings. The molecule has 3 atom stereocenters. The number of allylic oxidation sites excluding steroid dienone is 1. The Morgan fingerprint density at radius 1 is 0.548 bits per heavy atom. The van der Waals surface area contributed by atoms with Crippen LogP contribution in [0.5, 0.6) is 0 Å². The molecular formula is C53H107N2O6P. The third-order valence-corrected chi connectivity index (χ3v) is 13.4. The molecule has 0 spiro atoms. The van der Waals surface area contributed by atoms with E-state index in [4.69, 9.17) is 9.05 Å². The van der Waals surface area contributed by atoms with Gasteiger partial charge in [0, 0.05) is 6.42 Å². The topological polar surface area (TPSA) is 108 Å². The average molecular weight is 899 g/mol. The van der Waals surface area contributed by atoms with E-state index in [1.54, 1.807) is 6.08 Å². The van der Waals surface area contributed by atoms with Crippen LogP contribution in [0.25, 0.3) is 0 Å².